The molecule has 0 unspecified atom stereocenters. The van der Waals surface area contributed by atoms with E-state index in [4.69, 9.17) is 10.00 Å². The van der Waals surface area contributed by atoms with Crippen molar-refractivity contribution in [2.75, 3.05) is 7.11 Å². The topological polar surface area (TPSA) is 94.7 Å². The Labute approximate surface area is 112 Å². The molecule has 0 atom stereocenters. The SMILES string of the molecule is COc1cc(/C=N/NC(=O)CC#N)cc(Br)c1O. The second-order valence-electron chi connectivity index (χ2n) is 3.18. The van der Waals surface area contributed by atoms with E-state index in [2.05, 4.69) is 26.5 Å². The number of phenols is 1. The highest BCUT2D eigenvalue weighted by atomic mass is 79.9. The number of amides is 1. The van der Waals surface area contributed by atoms with Gasteiger partial charge in [0.15, 0.2) is 11.5 Å². The summed E-state index contributed by atoms with van der Waals surface area (Å²) < 4.78 is 5.41. The highest BCUT2D eigenvalue weighted by Gasteiger charge is 2.07. The lowest BCUT2D eigenvalue weighted by Gasteiger charge is -2.06. The number of nitriles is 1. The Morgan fingerprint density at radius 3 is 3.06 bits per heavy atom. The number of carbonyl (C=O) groups excluding carboxylic acids is 1. The molecule has 1 rings (SSSR count). The van der Waals surface area contributed by atoms with Crippen LogP contribution in [0.5, 0.6) is 11.5 Å². The van der Waals surface area contributed by atoms with E-state index in [1.54, 1.807) is 18.2 Å². The van der Waals surface area contributed by atoms with Gasteiger partial charge in [-0.05, 0) is 33.6 Å². The lowest BCUT2D eigenvalue weighted by molar-refractivity contribution is -0.120. The van der Waals surface area contributed by atoms with Gasteiger partial charge < -0.3 is 9.84 Å². The van der Waals surface area contributed by atoms with Gasteiger partial charge in [-0.1, -0.05) is 0 Å². The average molecular weight is 312 g/mol. The number of rotatable bonds is 4. The molecule has 0 spiro atoms. The van der Waals surface area contributed by atoms with Gasteiger partial charge in [-0.3, -0.25) is 4.79 Å². The molecule has 0 saturated heterocycles. The van der Waals surface area contributed by atoms with Crippen molar-refractivity contribution in [3.8, 4) is 17.6 Å². The maximum absolute atomic E-state index is 11.0. The number of aromatic hydroxyl groups is 1. The fourth-order valence-corrected chi connectivity index (χ4v) is 1.57. The van der Waals surface area contributed by atoms with E-state index in [0.29, 0.717) is 10.0 Å². The first-order chi connectivity index (χ1) is 8.58. The Kier molecular flexibility index (Phi) is 5.14. The number of hydrogen-bond acceptors (Lipinski definition) is 5. The summed E-state index contributed by atoms with van der Waals surface area (Å²) in [6.07, 6.45) is 1.13. The summed E-state index contributed by atoms with van der Waals surface area (Å²) in [7, 11) is 1.43. The molecule has 0 aromatic heterocycles. The molecule has 94 valence electrons. The van der Waals surface area contributed by atoms with Crippen LogP contribution in [0.4, 0.5) is 0 Å². The fraction of sp³-hybridized carbons (Fsp3) is 0.182. The third-order valence-corrected chi connectivity index (χ3v) is 2.52. The Bertz CT molecular complexity index is 523. The quantitative estimate of drug-likeness (QED) is 0.651. The predicted octanol–water partition coefficient (Wildman–Crippen LogP) is 1.53. The van der Waals surface area contributed by atoms with Gasteiger partial charge in [0.2, 0.25) is 0 Å². The number of halogens is 1. The van der Waals surface area contributed by atoms with Crippen molar-refractivity contribution in [2.24, 2.45) is 5.10 Å². The van der Waals surface area contributed by atoms with Crippen molar-refractivity contribution in [1.82, 2.24) is 5.43 Å². The first-order valence-corrected chi connectivity index (χ1v) is 5.63. The van der Waals surface area contributed by atoms with Gasteiger partial charge in [-0.25, -0.2) is 5.43 Å². The Morgan fingerprint density at radius 1 is 1.72 bits per heavy atom. The van der Waals surface area contributed by atoms with Gasteiger partial charge in [0.05, 0.1) is 23.9 Å². The molecule has 0 saturated carbocycles. The third kappa shape index (κ3) is 3.75. The van der Waals surface area contributed by atoms with Crippen molar-refractivity contribution in [3.05, 3.63) is 22.2 Å². The summed E-state index contributed by atoms with van der Waals surface area (Å²) in [5, 5.41) is 21.5. The van der Waals surface area contributed by atoms with Gasteiger partial charge >= 0.3 is 0 Å². The summed E-state index contributed by atoms with van der Waals surface area (Å²) in [6, 6.07) is 4.87. The van der Waals surface area contributed by atoms with E-state index in [9.17, 15) is 9.90 Å². The number of hydrazone groups is 1. The van der Waals surface area contributed by atoms with E-state index in [1.165, 1.54) is 13.3 Å². The van der Waals surface area contributed by atoms with Crippen LogP contribution in [0.2, 0.25) is 0 Å². The maximum atomic E-state index is 11.0. The minimum atomic E-state index is -0.487. The molecule has 1 amide bonds. The normalized spacial score (nSPS) is 10.1. The van der Waals surface area contributed by atoms with Crippen molar-refractivity contribution in [2.45, 2.75) is 6.42 Å². The zero-order valence-electron chi connectivity index (χ0n) is 9.48. The number of carbonyl (C=O) groups is 1. The first-order valence-electron chi connectivity index (χ1n) is 4.83. The van der Waals surface area contributed by atoms with Crippen LogP contribution in [-0.4, -0.2) is 24.3 Å². The second-order valence-corrected chi connectivity index (χ2v) is 4.04. The lowest BCUT2D eigenvalue weighted by Crippen LogP contribution is -2.16. The minimum absolute atomic E-state index is 0.0110. The van der Waals surface area contributed by atoms with Crippen LogP contribution in [-0.2, 0) is 4.79 Å². The van der Waals surface area contributed by atoms with Crippen molar-refractivity contribution in [1.29, 1.82) is 5.26 Å². The number of nitrogens with zero attached hydrogens (tertiary/aromatic N) is 2. The summed E-state index contributed by atoms with van der Waals surface area (Å²) >= 11 is 3.16. The molecule has 0 heterocycles. The molecule has 6 nitrogen and oxygen atoms in total. The summed E-state index contributed by atoms with van der Waals surface area (Å²) in [6.45, 7) is 0. The van der Waals surface area contributed by atoms with Crippen LogP contribution in [0.1, 0.15) is 12.0 Å². The van der Waals surface area contributed by atoms with Crippen LogP contribution in [0.15, 0.2) is 21.7 Å². The van der Waals surface area contributed by atoms with Crippen LogP contribution in [0, 0.1) is 11.3 Å². The van der Waals surface area contributed by atoms with Crippen LogP contribution in [0.25, 0.3) is 0 Å². The zero-order valence-corrected chi connectivity index (χ0v) is 11.1. The van der Waals surface area contributed by atoms with Crippen molar-refractivity contribution >= 4 is 28.1 Å². The number of nitrogens with one attached hydrogen (secondary N) is 1. The number of ether oxygens (including phenoxy) is 1. The summed E-state index contributed by atoms with van der Waals surface area (Å²) in [5.41, 5.74) is 2.81. The highest BCUT2D eigenvalue weighted by Crippen LogP contribution is 2.34. The van der Waals surface area contributed by atoms with Gasteiger partial charge in [0, 0.05) is 0 Å². The van der Waals surface area contributed by atoms with E-state index < -0.39 is 5.91 Å². The van der Waals surface area contributed by atoms with E-state index in [1.807, 2.05) is 0 Å². The second kappa shape index (κ2) is 6.61. The molecule has 0 fully saturated rings. The summed E-state index contributed by atoms with van der Waals surface area (Å²) in [5.74, 6) is -0.212. The highest BCUT2D eigenvalue weighted by molar-refractivity contribution is 9.10. The lowest BCUT2D eigenvalue weighted by atomic mass is 10.2. The van der Waals surface area contributed by atoms with Gasteiger partial charge in [0.25, 0.3) is 5.91 Å². The molecule has 0 bridgehead atoms. The smallest absolute Gasteiger partial charge is 0.254 e. The Balaban J connectivity index is 2.80. The van der Waals surface area contributed by atoms with E-state index in [0.717, 1.165) is 0 Å². The number of phenolic OH excluding ortho intramolecular Hbond substituents is 1. The molecule has 1 aromatic rings. The molecule has 7 heteroatoms. The molecule has 0 aliphatic carbocycles. The van der Waals surface area contributed by atoms with E-state index >= 15 is 0 Å². The Morgan fingerprint density at radius 2 is 2.44 bits per heavy atom. The zero-order chi connectivity index (χ0) is 13.5. The molecule has 0 radical (unpaired) electrons. The standard InChI is InChI=1S/C11H10BrN3O3/c1-18-9-5-7(4-8(12)11(9)17)6-14-15-10(16)2-3-13/h4-6,17H,2H2,1H3,(H,15,16)/b14-6+. The number of hydrogen-bond donors (Lipinski definition) is 2. The van der Waals surface area contributed by atoms with Crippen molar-refractivity contribution < 1.29 is 14.6 Å². The fourth-order valence-electron chi connectivity index (χ4n) is 1.11. The molecule has 1 aromatic carbocycles. The summed E-state index contributed by atoms with van der Waals surface area (Å²) in [4.78, 5) is 11.0. The molecule has 0 aliphatic rings. The van der Waals surface area contributed by atoms with Crippen molar-refractivity contribution in [3.63, 3.8) is 0 Å². The molecular formula is C11H10BrN3O3. The maximum Gasteiger partial charge on any atom is 0.254 e. The largest absolute Gasteiger partial charge is 0.503 e. The predicted molar refractivity (Wildman–Crippen MR) is 68.3 cm³/mol. The first kappa shape index (κ1) is 14.0. The van der Waals surface area contributed by atoms with Gasteiger partial charge in [0.1, 0.15) is 6.42 Å². The van der Waals surface area contributed by atoms with Crippen LogP contribution >= 0.6 is 15.9 Å². The Hall–Kier alpha value is -2.07. The molecule has 0 aliphatic heterocycles. The van der Waals surface area contributed by atoms with Gasteiger partial charge in [-0.2, -0.15) is 10.4 Å². The molecular weight excluding hydrogens is 302 g/mol. The monoisotopic (exact) mass is 311 g/mol. The van der Waals surface area contributed by atoms with Crippen LogP contribution < -0.4 is 10.2 Å². The van der Waals surface area contributed by atoms with Gasteiger partial charge in [-0.15, -0.1) is 0 Å². The molecule has 18 heavy (non-hydrogen) atoms. The van der Waals surface area contributed by atoms with Crippen LogP contribution in [0.3, 0.4) is 0 Å². The number of benzene rings is 1. The third-order valence-electron chi connectivity index (χ3n) is 1.91. The minimum Gasteiger partial charge on any atom is -0.503 e. The van der Waals surface area contributed by atoms with E-state index in [-0.39, 0.29) is 17.9 Å². The number of methoxy groups -OCH3 is 1. The average Bonchev–Trinajstić information content (AvgIpc) is 2.33. The molecule has 2 N–H and O–H groups in total.